The maximum absolute atomic E-state index is 10.1. The number of aliphatic hydroxyl groups excluding tert-OH is 1. The lowest BCUT2D eigenvalue weighted by atomic mass is 10.2. The molecule has 6 nitrogen and oxygen atoms in total. The Hall–Kier alpha value is -1.63. The Labute approximate surface area is 124 Å². The van der Waals surface area contributed by atoms with Crippen LogP contribution in [-0.4, -0.2) is 63.5 Å². The van der Waals surface area contributed by atoms with Gasteiger partial charge in [-0.05, 0) is 18.2 Å². The summed E-state index contributed by atoms with van der Waals surface area (Å²) in [5, 5.41) is 14.2. The molecular weight excluding hydrogens is 268 g/mol. The molecule has 1 N–H and O–H groups in total. The smallest absolute Gasteiger partial charge is 0.117 e. The van der Waals surface area contributed by atoms with Crippen LogP contribution in [0.4, 0.5) is 0 Å². The van der Waals surface area contributed by atoms with Gasteiger partial charge in [0.25, 0.3) is 0 Å². The molecule has 2 aromatic rings. The van der Waals surface area contributed by atoms with Crippen LogP contribution >= 0.6 is 0 Å². The van der Waals surface area contributed by atoms with E-state index >= 15 is 0 Å². The van der Waals surface area contributed by atoms with Gasteiger partial charge in [-0.3, -0.25) is 14.5 Å². The van der Waals surface area contributed by atoms with Gasteiger partial charge in [-0.15, -0.1) is 0 Å². The van der Waals surface area contributed by atoms with Gasteiger partial charge in [-0.1, -0.05) is 0 Å². The Morgan fingerprint density at radius 2 is 1.95 bits per heavy atom. The third kappa shape index (κ3) is 4.17. The Balaban J connectivity index is 1.39. The van der Waals surface area contributed by atoms with Crippen LogP contribution in [0.2, 0.25) is 0 Å². The number of β-amino-alcohol motifs (C(OH)–C–C–N with tert-alkyl or cyclic N) is 1. The van der Waals surface area contributed by atoms with Crippen molar-refractivity contribution in [1.82, 2.24) is 19.6 Å². The molecule has 114 valence electrons. The number of furan rings is 1. The Bertz CT molecular complexity index is 504. The predicted octanol–water partition coefficient (Wildman–Crippen LogP) is 0.655. The monoisotopic (exact) mass is 290 g/mol. The Morgan fingerprint density at radius 3 is 2.62 bits per heavy atom. The van der Waals surface area contributed by atoms with Gasteiger partial charge in [0.2, 0.25) is 0 Å². The van der Waals surface area contributed by atoms with E-state index in [1.54, 1.807) is 17.1 Å². The van der Waals surface area contributed by atoms with E-state index < -0.39 is 0 Å². The lowest BCUT2D eigenvalue weighted by Gasteiger charge is -2.35. The summed E-state index contributed by atoms with van der Waals surface area (Å²) in [6.07, 6.45) is 4.96. The van der Waals surface area contributed by atoms with E-state index in [0.717, 1.165) is 38.5 Å². The Morgan fingerprint density at radius 1 is 1.14 bits per heavy atom. The molecule has 2 aromatic heterocycles. The van der Waals surface area contributed by atoms with Crippen molar-refractivity contribution in [2.75, 3.05) is 32.7 Å². The molecule has 0 saturated carbocycles. The average molecular weight is 290 g/mol. The molecule has 0 aliphatic carbocycles. The third-order valence-electron chi connectivity index (χ3n) is 3.85. The van der Waals surface area contributed by atoms with Crippen LogP contribution in [0.1, 0.15) is 5.76 Å². The zero-order valence-corrected chi connectivity index (χ0v) is 12.1. The molecule has 3 rings (SSSR count). The largest absolute Gasteiger partial charge is 0.468 e. The van der Waals surface area contributed by atoms with Crippen molar-refractivity contribution < 1.29 is 9.52 Å². The lowest BCUT2D eigenvalue weighted by Crippen LogP contribution is -2.48. The van der Waals surface area contributed by atoms with Crippen LogP contribution in [0.15, 0.2) is 41.3 Å². The maximum atomic E-state index is 10.1. The van der Waals surface area contributed by atoms with Gasteiger partial charge in [0.15, 0.2) is 0 Å². The third-order valence-corrected chi connectivity index (χ3v) is 3.85. The van der Waals surface area contributed by atoms with Gasteiger partial charge in [0.05, 0.1) is 25.5 Å². The highest BCUT2D eigenvalue weighted by Crippen LogP contribution is 2.09. The molecule has 1 saturated heterocycles. The second-order valence-electron chi connectivity index (χ2n) is 5.54. The van der Waals surface area contributed by atoms with Gasteiger partial charge in [-0.25, -0.2) is 0 Å². The summed E-state index contributed by atoms with van der Waals surface area (Å²) in [4.78, 5) is 4.70. The van der Waals surface area contributed by atoms with Crippen molar-refractivity contribution >= 4 is 0 Å². The van der Waals surface area contributed by atoms with Crippen LogP contribution in [0.25, 0.3) is 0 Å². The molecule has 6 heteroatoms. The number of hydrogen-bond acceptors (Lipinski definition) is 5. The zero-order chi connectivity index (χ0) is 14.5. The first kappa shape index (κ1) is 14.3. The molecule has 0 aromatic carbocycles. The number of aromatic nitrogens is 2. The standard InChI is InChI=1S/C15H22N4O2/c20-14(12-19-5-2-4-16-19)11-17-6-8-18(9-7-17)13-15-3-1-10-21-15/h1-5,10,14,20H,6-9,11-13H2. The molecule has 1 aliphatic rings. The quantitative estimate of drug-likeness (QED) is 0.847. The molecule has 1 unspecified atom stereocenters. The molecule has 0 bridgehead atoms. The summed E-state index contributed by atoms with van der Waals surface area (Å²) in [6, 6.07) is 5.82. The summed E-state index contributed by atoms with van der Waals surface area (Å²) in [5.74, 6) is 1.02. The number of piperazine rings is 1. The Kier molecular flexibility index (Phi) is 4.69. The minimum atomic E-state index is -0.374. The topological polar surface area (TPSA) is 57.7 Å². The minimum Gasteiger partial charge on any atom is -0.468 e. The van der Waals surface area contributed by atoms with Crippen LogP contribution in [-0.2, 0) is 13.1 Å². The summed E-state index contributed by atoms with van der Waals surface area (Å²) >= 11 is 0. The van der Waals surface area contributed by atoms with Crippen LogP contribution in [0, 0.1) is 0 Å². The summed E-state index contributed by atoms with van der Waals surface area (Å²) in [5.41, 5.74) is 0. The first-order valence-electron chi connectivity index (χ1n) is 7.42. The molecule has 1 aliphatic heterocycles. The molecular formula is C15H22N4O2. The molecule has 0 amide bonds. The number of aliphatic hydroxyl groups is 1. The first-order chi connectivity index (χ1) is 10.3. The molecule has 1 fully saturated rings. The highest BCUT2D eigenvalue weighted by Gasteiger charge is 2.20. The van der Waals surface area contributed by atoms with Gasteiger partial charge in [0, 0.05) is 45.1 Å². The normalized spacial score (nSPS) is 18.9. The fourth-order valence-electron chi connectivity index (χ4n) is 2.73. The predicted molar refractivity (Wildman–Crippen MR) is 78.7 cm³/mol. The fraction of sp³-hybridized carbons (Fsp3) is 0.533. The van der Waals surface area contributed by atoms with Crippen molar-refractivity contribution in [3.05, 3.63) is 42.6 Å². The lowest BCUT2D eigenvalue weighted by molar-refractivity contribution is 0.0586. The van der Waals surface area contributed by atoms with Crippen molar-refractivity contribution in [1.29, 1.82) is 0 Å². The summed E-state index contributed by atoms with van der Waals surface area (Å²) in [7, 11) is 0. The molecule has 1 atom stereocenters. The van der Waals surface area contributed by atoms with E-state index in [-0.39, 0.29) is 6.10 Å². The van der Waals surface area contributed by atoms with Crippen LogP contribution in [0.5, 0.6) is 0 Å². The fourth-order valence-corrected chi connectivity index (χ4v) is 2.73. The second-order valence-corrected chi connectivity index (χ2v) is 5.54. The number of hydrogen-bond donors (Lipinski definition) is 1. The molecule has 21 heavy (non-hydrogen) atoms. The average Bonchev–Trinajstić information content (AvgIpc) is 3.14. The second kappa shape index (κ2) is 6.89. The molecule has 0 radical (unpaired) electrons. The van der Waals surface area contributed by atoms with E-state index in [2.05, 4.69) is 14.9 Å². The van der Waals surface area contributed by atoms with E-state index in [1.165, 1.54) is 0 Å². The summed E-state index contributed by atoms with van der Waals surface area (Å²) < 4.78 is 7.16. The van der Waals surface area contributed by atoms with Crippen molar-refractivity contribution in [2.24, 2.45) is 0 Å². The summed E-state index contributed by atoms with van der Waals surface area (Å²) in [6.45, 7) is 6.11. The van der Waals surface area contributed by atoms with Crippen LogP contribution < -0.4 is 0 Å². The van der Waals surface area contributed by atoms with Crippen molar-refractivity contribution in [2.45, 2.75) is 19.2 Å². The highest BCUT2D eigenvalue weighted by molar-refractivity contribution is 4.98. The maximum Gasteiger partial charge on any atom is 0.117 e. The van der Waals surface area contributed by atoms with E-state index in [1.807, 2.05) is 24.4 Å². The van der Waals surface area contributed by atoms with Crippen LogP contribution in [0.3, 0.4) is 0 Å². The molecule has 3 heterocycles. The van der Waals surface area contributed by atoms with Crippen molar-refractivity contribution in [3.8, 4) is 0 Å². The van der Waals surface area contributed by atoms with E-state index in [9.17, 15) is 5.11 Å². The van der Waals surface area contributed by atoms with Gasteiger partial charge in [-0.2, -0.15) is 5.10 Å². The number of nitrogens with zero attached hydrogens (tertiary/aromatic N) is 4. The first-order valence-corrected chi connectivity index (χ1v) is 7.42. The van der Waals surface area contributed by atoms with Gasteiger partial charge < -0.3 is 9.52 Å². The SMILES string of the molecule is OC(CN1CCN(Cc2ccco2)CC1)Cn1cccn1. The van der Waals surface area contributed by atoms with E-state index in [0.29, 0.717) is 13.1 Å². The zero-order valence-electron chi connectivity index (χ0n) is 12.1. The van der Waals surface area contributed by atoms with E-state index in [4.69, 9.17) is 4.42 Å². The minimum absolute atomic E-state index is 0.374. The highest BCUT2D eigenvalue weighted by atomic mass is 16.3. The number of rotatable bonds is 6. The van der Waals surface area contributed by atoms with Gasteiger partial charge in [0.1, 0.15) is 5.76 Å². The molecule has 0 spiro atoms. The van der Waals surface area contributed by atoms with Crippen molar-refractivity contribution in [3.63, 3.8) is 0 Å². The van der Waals surface area contributed by atoms with Gasteiger partial charge >= 0.3 is 0 Å².